The van der Waals surface area contributed by atoms with E-state index in [2.05, 4.69) is 117 Å². The largest absolute Gasteiger partial charge is 0.208 e. The molecule has 8 aromatic rings. The van der Waals surface area contributed by atoms with Gasteiger partial charge >= 0.3 is 0 Å². The van der Waals surface area contributed by atoms with Gasteiger partial charge in [0.25, 0.3) is 0 Å². The highest BCUT2D eigenvalue weighted by atomic mass is 28.3. The molecule has 0 atom stereocenters. The third kappa shape index (κ3) is 5.72. The molecular formula is C44H35N3Si. The smallest absolute Gasteiger partial charge is 0.164 e. The second-order valence-electron chi connectivity index (χ2n) is 13.3. The van der Waals surface area contributed by atoms with Crippen molar-refractivity contribution in [3.05, 3.63) is 158 Å². The van der Waals surface area contributed by atoms with E-state index >= 15 is 0 Å². The van der Waals surface area contributed by atoms with Crippen molar-refractivity contribution in [2.24, 2.45) is 0 Å². The molecule has 0 spiro atoms. The minimum absolute atomic E-state index is 0.658. The maximum atomic E-state index is 4.89. The number of fused-ring (bicyclic) bond motifs is 2. The molecule has 0 bridgehead atoms. The molecule has 0 aliphatic rings. The van der Waals surface area contributed by atoms with Crippen LogP contribution in [0.3, 0.4) is 0 Å². The van der Waals surface area contributed by atoms with E-state index in [0.29, 0.717) is 17.5 Å². The number of aromatic nitrogens is 3. The predicted octanol–water partition coefficient (Wildman–Crippen LogP) is 11.1. The maximum absolute atomic E-state index is 4.89. The first-order valence-electron chi connectivity index (χ1n) is 16.4. The van der Waals surface area contributed by atoms with Crippen molar-refractivity contribution in [2.75, 3.05) is 0 Å². The van der Waals surface area contributed by atoms with Gasteiger partial charge in [0.15, 0.2) is 17.5 Å². The third-order valence-corrected chi connectivity index (χ3v) is 11.1. The second kappa shape index (κ2) is 12.1. The van der Waals surface area contributed by atoms with Gasteiger partial charge in [-0.3, -0.25) is 0 Å². The van der Waals surface area contributed by atoms with Gasteiger partial charge in [-0.25, -0.2) is 15.0 Å². The summed E-state index contributed by atoms with van der Waals surface area (Å²) in [6, 6.07) is 55.8. The lowest BCUT2D eigenvalue weighted by Crippen LogP contribution is -2.38. The van der Waals surface area contributed by atoms with Gasteiger partial charge in [0.1, 0.15) is 0 Å². The summed E-state index contributed by atoms with van der Waals surface area (Å²) in [5.74, 6) is 1.99. The van der Waals surface area contributed by atoms with Crippen LogP contribution in [0.25, 0.3) is 78.0 Å². The molecule has 1 aromatic heterocycles. The molecule has 3 nitrogen and oxygen atoms in total. The zero-order chi connectivity index (χ0) is 32.7. The van der Waals surface area contributed by atoms with Crippen molar-refractivity contribution in [1.29, 1.82) is 0 Å². The fourth-order valence-electron chi connectivity index (χ4n) is 6.53. The Morgan fingerprint density at radius 3 is 1.23 bits per heavy atom. The predicted molar refractivity (Wildman–Crippen MR) is 205 cm³/mol. The molecule has 48 heavy (non-hydrogen) atoms. The van der Waals surface area contributed by atoms with Crippen molar-refractivity contribution in [3.8, 4) is 56.4 Å². The average Bonchev–Trinajstić information content (AvgIpc) is 3.14. The molecule has 0 unspecified atom stereocenters. The minimum atomic E-state index is -1.54. The van der Waals surface area contributed by atoms with Gasteiger partial charge in [0, 0.05) is 16.7 Å². The summed E-state index contributed by atoms with van der Waals surface area (Å²) in [6.45, 7) is 7.30. The van der Waals surface area contributed by atoms with Crippen molar-refractivity contribution in [3.63, 3.8) is 0 Å². The second-order valence-corrected chi connectivity index (χ2v) is 18.4. The van der Waals surface area contributed by atoms with Gasteiger partial charge in [-0.15, -0.1) is 0 Å². The maximum Gasteiger partial charge on any atom is 0.164 e. The normalized spacial score (nSPS) is 11.6. The molecule has 0 amide bonds. The lowest BCUT2D eigenvalue weighted by Gasteiger charge is -2.21. The summed E-state index contributed by atoms with van der Waals surface area (Å²) in [5, 5.41) is 6.79. The summed E-state index contributed by atoms with van der Waals surface area (Å²) < 4.78 is 0. The molecule has 8 rings (SSSR count). The number of benzene rings is 7. The Balaban J connectivity index is 1.14. The molecule has 0 aliphatic carbocycles. The summed E-state index contributed by atoms with van der Waals surface area (Å²) in [5.41, 5.74) is 7.70. The van der Waals surface area contributed by atoms with E-state index in [-0.39, 0.29) is 0 Å². The van der Waals surface area contributed by atoms with E-state index in [0.717, 1.165) is 22.3 Å². The van der Waals surface area contributed by atoms with Crippen LogP contribution in [0.1, 0.15) is 0 Å². The first-order valence-corrected chi connectivity index (χ1v) is 19.9. The Kier molecular flexibility index (Phi) is 7.51. The van der Waals surface area contributed by atoms with Gasteiger partial charge in [-0.05, 0) is 55.9 Å². The van der Waals surface area contributed by atoms with Gasteiger partial charge < -0.3 is 0 Å². The third-order valence-electron chi connectivity index (χ3n) is 9.06. The molecule has 0 saturated carbocycles. The number of nitrogens with zero attached hydrogens (tertiary/aromatic N) is 3. The fourth-order valence-corrected chi connectivity index (χ4v) is 8.13. The zero-order valence-electron chi connectivity index (χ0n) is 27.4. The van der Waals surface area contributed by atoms with Crippen LogP contribution in [0.5, 0.6) is 0 Å². The van der Waals surface area contributed by atoms with Gasteiger partial charge in [-0.2, -0.15) is 0 Å². The number of rotatable bonds is 6. The molecule has 0 saturated heterocycles. The Hall–Kier alpha value is -5.71. The van der Waals surface area contributed by atoms with Crippen molar-refractivity contribution < 1.29 is 0 Å². The molecule has 7 aromatic carbocycles. The number of hydrogen-bond acceptors (Lipinski definition) is 3. The van der Waals surface area contributed by atoms with E-state index in [1.165, 1.54) is 43.4 Å². The first-order chi connectivity index (χ1) is 23.4. The van der Waals surface area contributed by atoms with Crippen molar-refractivity contribution in [1.82, 2.24) is 15.0 Å². The van der Waals surface area contributed by atoms with Crippen LogP contribution in [-0.4, -0.2) is 23.0 Å². The lowest BCUT2D eigenvalue weighted by atomic mass is 9.94. The van der Waals surface area contributed by atoms with Crippen LogP contribution < -0.4 is 5.19 Å². The van der Waals surface area contributed by atoms with Gasteiger partial charge in [0.05, 0.1) is 8.07 Å². The van der Waals surface area contributed by atoms with Crippen LogP contribution in [0.2, 0.25) is 19.6 Å². The quantitative estimate of drug-likeness (QED) is 0.135. The van der Waals surface area contributed by atoms with E-state index in [9.17, 15) is 0 Å². The van der Waals surface area contributed by atoms with Crippen molar-refractivity contribution >= 4 is 34.8 Å². The highest BCUT2D eigenvalue weighted by Crippen LogP contribution is 2.34. The molecule has 1 heterocycles. The minimum Gasteiger partial charge on any atom is -0.208 e. The summed E-state index contributed by atoms with van der Waals surface area (Å²) >= 11 is 0. The monoisotopic (exact) mass is 633 g/mol. The highest BCUT2D eigenvalue weighted by Gasteiger charge is 2.21. The standard InChI is InChI=1S/C44H35N3Si/c1-48(2,3)41-27-26-38(39-28-36-16-10-11-17-37(36)29-40(39)41)32-22-18-30(19-23-32)31-20-24-35(25-21-31)44-46-42(33-12-6-4-7-13-33)45-43(47-44)34-14-8-5-9-15-34/h4-29H,1-3H3. The Morgan fingerprint density at radius 1 is 0.354 bits per heavy atom. The fraction of sp³-hybridized carbons (Fsp3) is 0.0682. The molecule has 4 heteroatoms. The van der Waals surface area contributed by atoms with E-state index in [1.54, 1.807) is 0 Å². The van der Waals surface area contributed by atoms with Crippen LogP contribution in [0.4, 0.5) is 0 Å². The van der Waals surface area contributed by atoms with E-state index in [4.69, 9.17) is 15.0 Å². The van der Waals surface area contributed by atoms with Crippen LogP contribution in [-0.2, 0) is 0 Å². The Morgan fingerprint density at radius 2 is 0.750 bits per heavy atom. The zero-order valence-corrected chi connectivity index (χ0v) is 28.4. The summed E-state index contributed by atoms with van der Waals surface area (Å²) in [7, 11) is -1.54. The SMILES string of the molecule is C[Si](C)(C)c1ccc(-c2ccc(-c3ccc(-c4nc(-c5ccccc5)nc(-c5ccccc5)n4)cc3)cc2)c2cc3ccccc3cc12. The van der Waals surface area contributed by atoms with Gasteiger partial charge in [0.2, 0.25) is 0 Å². The summed E-state index contributed by atoms with van der Waals surface area (Å²) in [6.07, 6.45) is 0. The molecule has 0 radical (unpaired) electrons. The summed E-state index contributed by atoms with van der Waals surface area (Å²) in [4.78, 5) is 14.6. The van der Waals surface area contributed by atoms with Crippen LogP contribution in [0, 0.1) is 0 Å². The lowest BCUT2D eigenvalue weighted by molar-refractivity contribution is 1.07. The van der Waals surface area contributed by atoms with Crippen molar-refractivity contribution in [2.45, 2.75) is 19.6 Å². The molecule has 0 N–H and O–H groups in total. The Labute approximate surface area is 282 Å². The topological polar surface area (TPSA) is 38.7 Å². The van der Waals surface area contributed by atoms with E-state index < -0.39 is 8.07 Å². The molecular weight excluding hydrogens is 599 g/mol. The molecule has 0 fully saturated rings. The van der Waals surface area contributed by atoms with Crippen LogP contribution >= 0.6 is 0 Å². The first kappa shape index (κ1) is 29.7. The van der Waals surface area contributed by atoms with Crippen LogP contribution in [0.15, 0.2) is 158 Å². The Bertz CT molecular complexity index is 2340. The number of hydrogen-bond donors (Lipinski definition) is 0. The molecule has 0 aliphatic heterocycles. The van der Waals surface area contributed by atoms with E-state index in [1.807, 2.05) is 60.7 Å². The average molecular weight is 634 g/mol. The highest BCUT2D eigenvalue weighted by molar-refractivity contribution is 6.90. The van der Waals surface area contributed by atoms with Gasteiger partial charge in [-0.1, -0.05) is 170 Å². The molecule has 230 valence electrons.